The van der Waals surface area contributed by atoms with Crippen LogP contribution >= 0.6 is 0 Å². The van der Waals surface area contributed by atoms with Crippen LogP contribution in [0.15, 0.2) is 4.52 Å². The van der Waals surface area contributed by atoms with Crippen LogP contribution in [-0.2, 0) is 29.6 Å². The average Bonchev–Trinajstić information content (AvgIpc) is 3.38. The lowest BCUT2D eigenvalue weighted by Gasteiger charge is -2.32. The van der Waals surface area contributed by atoms with Crippen LogP contribution < -0.4 is 0 Å². The summed E-state index contributed by atoms with van der Waals surface area (Å²) in [5, 5.41) is 12.8. The highest BCUT2D eigenvalue weighted by Crippen LogP contribution is 2.29. The smallest absolute Gasteiger partial charge is 0.226 e. The Morgan fingerprint density at radius 2 is 2.07 bits per heavy atom. The van der Waals surface area contributed by atoms with Gasteiger partial charge in [-0.25, -0.2) is 0 Å². The third kappa shape index (κ3) is 3.95. The molecule has 0 spiro atoms. The van der Waals surface area contributed by atoms with E-state index in [4.69, 9.17) is 4.52 Å². The Morgan fingerprint density at radius 1 is 1.21 bits per heavy atom. The van der Waals surface area contributed by atoms with Crippen molar-refractivity contribution in [3.8, 4) is 0 Å². The molecule has 1 saturated heterocycles. The second-order valence-corrected chi connectivity index (χ2v) is 9.02. The summed E-state index contributed by atoms with van der Waals surface area (Å²) in [7, 11) is 0. The predicted octanol–water partition coefficient (Wildman–Crippen LogP) is 2.63. The molecule has 0 N–H and O–H groups in total. The molecule has 2 aromatic rings. The number of fused-ring (bicyclic) bond motifs is 1. The molecule has 0 aromatic carbocycles. The minimum Gasteiger partial charge on any atom is -0.342 e. The van der Waals surface area contributed by atoms with E-state index in [0.29, 0.717) is 30.5 Å². The lowest BCUT2D eigenvalue weighted by atomic mass is 9.96. The molecular weight excluding hydrogens is 356 g/mol. The molecule has 1 atom stereocenters. The third-order valence-corrected chi connectivity index (χ3v) is 5.70. The van der Waals surface area contributed by atoms with Gasteiger partial charge < -0.3 is 14.0 Å². The van der Waals surface area contributed by atoms with Gasteiger partial charge in [0.2, 0.25) is 11.8 Å². The van der Waals surface area contributed by atoms with E-state index in [-0.39, 0.29) is 11.3 Å². The first-order chi connectivity index (χ1) is 13.4. The van der Waals surface area contributed by atoms with Crippen molar-refractivity contribution in [2.24, 2.45) is 0 Å². The normalized spacial score (nSPS) is 19.8. The van der Waals surface area contributed by atoms with Crippen molar-refractivity contribution in [1.29, 1.82) is 0 Å². The zero-order valence-corrected chi connectivity index (χ0v) is 17.1. The molecule has 1 amide bonds. The molecule has 8 nitrogen and oxygen atoms in total. The summed E-state index contributed by atoms with van der Waals surface area (Å²) in [6.07, 6.45) is 6.17. The summed E-state index contributed by atoms with van der Waals surface area (Å²) in [5.41, 5.74) is -0.123. The molecule has 152 valence electrons. The number of aromatic nitrogens is 5. The minimum absolute atomic E-state index is 0.123. The van der Waals surface area contributed by atoms with E-state index < -0.39 is 0 Å². The van der Waals surface area contributed by atoms with Gasteiger partial charge in [0.15, 0.2) is 5.82 Å². The number of hydrogen-bond donors (Lipinski definition) is 0. The Balaban J connectivity index is 1.29. The maximum absolute atomic E-state index is 12.7. The van der Waals surface area contributed by atoms with Crippen molar-refractivity contribution in [2.45, 2.75) is 83.6 Å². The van der Waals surface area contributed by atoms with Crippen molar-refractivity contribution in [3.05, 3.63) is 23.4 Å². The minimum atomic E-state index is -0.123. The molecule has 2 aliphatic heterocycles. The number of rotatable bonds is 5. The van der Waals surface area contributed by atoms with E-state index in [0.717, 1.165) is 63.4 Å². The van der Waals surface area contributed by atoms with Gasteiger partial charge in [-0.1, -0.05) is 25.9 Å². The van der Waals surface area contributed by atoms with Gasteiger partial charge in [-0.2, -0.15) is 4.98 Å². The number of nitrogens with zero attached hydrogens (tertiary/aromatic N) is 6. The number of carbonyl (C=O) groups is 1. The Morgan fingerprint density at radius 3 is 2.86 bits per heavy atom. The summed E-state index contributed by atoms with van der Waals surface area (Å²) in [6.45, 7) is 8.79. The fourth-order valence-corrected chi connectivity index (χ4v) is 4.10. The molecular formula is C20H30N6O2. The van der Waals surface area contributed by atoms with Gasteiger partial charge >= 0.3 is 0 Å². The number of hydrogen-bond acceptors (Lipinski definition) is 6. The van der Waals surface area contributed by atoms with Gasteiger partial charge in [0, 0.05) is 50.2 Å². The highest BCUT2D eigenvalue weighted by molar-refractivity contribution is 5.76. The Hall–Kier alpha value is -2.25. The molecule has 4 heterocycles. The number of carbonyl (C=O) groups excluding carboxylic acids is 1. The fraction of sp³-hybridized carbons (Fsp3) is 0.750. The van der Waals surface area contributed by atoms with E-state index in [1.807, 2.05) is 4.90 Å². The highest BCUT2D eigenvalue weighted by Gasteiger charge is 2.30. The molecule has 0 aliphatic carbocycles. The van der Waals surface area contributed by atoms with Crippen molar-refractivity contribution in [2.75, 3.05) is 13.1 Å². The largest absolute Gasteiger partial charge is 0.342 e. The van der Waals surface area contributed by atoms with Crippen LogP contribution in [0.4, 0.5) is 0 Å². The monoisotopic (exact) mass is 386 g/mol. The van der Waals surface area contributed by atoms with Gasteiger partial charge in [0.25, 0.3) is 0 Å². The number of likely N-dealkylation sites (tertiary alicyclic amines) is 1. The summed E-state index contributed by atoms with van der Waals surface area (Å²) in [4.78, 5) is 19.2. The van der Waals surface area contributed by atoms with Crippen LogP contribution in [0.3, 0.4) is 0 Å². The van der Waals surface area contributed by atoms with Crippen LogP contribution in [0, 0.1) is 0 Å². The molecule has 0 unspecified atom stereocenters. The molecule has 28 heavy (non-hydrogen) atoms. The van der Waals surface area contributed by atoms with E-state index in [1.54, 1.807) is 0 Å². The SMILES string of the molecule is CC(C)(C)c1noc(CCCC(=O)N2CCC[C@H](c3nnc4n3CCC4)C2)n1. The second-order valence-electron chi connectivity index (χ2n) is 9.02. The van der Waals surface area contributed by atoms with E-state index in [1.165, 1.54) is 0 Å². The third-order valence-electron chi connectivity index (χ3n) is 5.70. The first kappa shape index (κ1) is 19.1. The average molecular weight is 387 g/mol. The standard InChI is InChI=1S/C20H30N6O2/c1-20(2,3)19-21-16(28-24-19)9-4-10-17(27)25-11-5-7-14(13-25)18-23-22-15-8-6-12-26(15)18/h14H,4-13H2,1-3H3/t14-/m0/s1. The molecule has 1 fully saturated rings. The maximum atomic E-state index is 12.7. The lowest BCUT2D eigenvalue weighted by Crippen LogP contribution is -2.39. The summed E-state index contributed by atoms with van der Waals surface area (Å²) in [6, 6.07) is 0. The van der Waals surface area contributed by atoms with Crippen LogP contribution in [0.5, 0.6) is 0 Å². The van der Waals surface area contributed by atoms with E-state index >= 15 is 0 Å². The number of aryl methyl sites for hydroxylation is 2. The number of amides is 1. The topological polar surface area (TPSA) is 89.9 Å². The molecule has 0 radical (unpaired) electrons. The van der Waals surface area contributed by atoms with Gasteiger partial charge in [0.1, 0.15) is 11.6 Å². The molecule has 2 aliphatic rings. The quantitative estimate of drug-likeness (QED) is 0.785. The zero-order valence-electron chi connectivity index (χ0n) is 17.1. The van der Waals surface area contributed by atoms with Crippen molar-refractivity contribution >= 4 is 5.91 Å². The van der Waals surface area contributed by atoms with E-state index in [2.05, 4.69) is 45.7 Å². The number of piperidine rings is 1. The summed E-state index contributed by atoms with van der Waals surface area (Å²) in [5.74, 6) is 4.03. The maximum Gasteiger partial charge on any atom is 0.226 e. The van der Waals surface area contributed by atoms with E-state index in [9.17, 15) is 4.79 Å². The molecule has 8 heteroatoms. The molecule has 2 aromatic heterocycles. The second kappa shape index (κ2) is 7.64. The van der Waals surface area contributed by atoms with Crippen molar-refractivity contribution < 1.29 is 9.32 Å². The van der Waals surface area contributed by atoms with Crippen molar-refractivity contribution in [3.63, 3.8) is 0 Å². The van der Waals surface area contributed by atoms with Crippen LogP contribution in [0.1, 0.15) is 82.2 Å². The Bertz CT molecular complexity index is 834. The van der Waals surface area contributed by atoms with Crippen molar-refractivity contribution in [1.82, 2.24) is 29.8 Å². The van der Waals surface area contributed by atoms with Gasteiger partial charge in [-0.05, 0) is 25.7 Å². The van der Waals surface area contributed by atoms with Crippen LogP contribution in [0.2, 0.25) is 0 Å². The zero-order chi connectivity index (χ0) is 19.7. The van der Waals surface area contributed by atoms with Gasteiger partial charge in [0.05, 0.1) is 0 Å². The first-order valence-electron chi connectivity index (χ1n) is 10.4. The van der Waals surface area contributed by atoms with Crippen LogP contribution in [-0.4, -0.2) is 48.8 Å². The first-order valence-corrected chi connectivity index (χ1v) is 10.4. The summed E-state index contributed by atoms with van der Waals surface area (Å²) < 4.78 is 7.59. The fourth-order valence-electron chi connectivity index (χ4n) is 4.10. The highest BCUT2D eigenvalue weighted by atomic mass is 16.5. The predicted molar refractivity (Wildman–Crippen MR) is 103 cm³/mol. The molecule has 0 bridgehead atoms. The van der Waals surface area contributed by atoms with Crippen LogP contribution in [0.25, 0.3) is 0 Å². The van der Waals surface area contributed by atoms with Gasteiger partial charge in [-0.15, -0.1) is 10.2 Å². The molecule has 0 saturated carbocycles. The van der Waals surface area contributed by atoms with Gasteiger partial charge in [-0.3, -0.25) is 4.79 Å². The Kier molecular flexibility index (Phi) is 5.21. The molecule has 4 rings (SSSR count). The Labute approximate surface area is 165 Å². The lowest BCUT2D eigenvalue weighted by molar-refractivity contribution is -0.132. The summed E-state index contributed by atoms with van der Waals surface area (Å²) >= 11 is 0.